The summed E-state index contributed by atoms with van der Waals surface area (Å²) in [5.74, 6) is -2.11. The van der Waals surface area contributed by atoms with Gasteiger partial charge in [0.15, 0.2) is 0 Å². The molecule has 0 radical (unpaired) electrons. The third kappa shape index (κ3) is 3.24. The lowest BCUT2D eigenvalue weighted by Crippen LogP contribution is -2.43. The molecule has 0 saturated heterocycles. The first-order chi connectivity index (χ1) is 11.5. The van der Waals surface area contributed by atoms with E-state index in [1.54, 1.807) is 30.3 Å². The molecule has 1 atom stereocenters. The van der Waals surface area contributed by atoms with Gasteiger partial charge in [-0.15, -0.1) is 0 Å². The van der Waals surface area contributed by atoms with E-state index in [1.807, 2.05) is 0 Å². The molecule has 1 heterocycles. The first kappa shape index (κ1) is 15.7. The molecule has 6 nitrogen and oxygen atoms in total. The van der Waals surface area contributed by atoms with Crippen LogP contribution in [0.5, 0.6) is 0 Å². The molecule has 2 aromatic carbocycles. The Hall–Kier alpha value is -3.22. The summed E-state index contributed by atoms with van der Waals surface area (Å²) in [5.41, 5.74) is 0.728. The number of rotatable bonds is 3. The van der Waals surface area contributed by atoms with Gasteiger partial charge in [0.1, 0.15) is 11.9 Å². The summed E-state index contributed by atoms with van der Waals surface area (Å²) in [5, 5.41) is 7.51. The van der Waals surface area contributed by atoms with Crippen molar-refractivity contribution in [1.82, 2.24) is 5.32 Å². The molecule has 0 fully saturated rings. The molecular formula is C17H14FN3O3. The van der Waals surface area contributed by atoms with Crippen LogP contribution in [0.25, 0.3) is 0 Å². The van der Waals surface area contributed by atoms with E-state index < -0.39 is 29.6 Å². The van der Waals surface area contributed by atoms with Gasteiger partial charge in [0, 0.05) is 0 Å². The summed E-state index contributed by atoms with van der Waals surface area (Å²) in [6.45, 7) is 0. The highest BCUT2D eigenvalue weighted by Crippen LogP contribution is 2.19. The SMILES string of the molecule is O=C(CC1NC(=O)c2ccccc2NC1=O)Nc1ccccc1F. The van der Waals surface area contributed by atoms with Crippen LogP contribution in [0.4, 0.5) is 15.8 Å². The lowest BCUT2D eigenvalue weighted by atomic mass is 10.1. The Kier molecular flexibility index (Phi) is 4.24. The van der Waals surface area contributed by atoms with E-state index in [9.17, 15) is 18.8 Å². The van der Waals surface area contributed by atoms with Gasteiger partial charge in [-0.2, -0.15) is 0 Å². The van der Waals surface area contributed by atoms with E-state index in [-0.39, 0.29) is 12.1 Å². The minimum absolute atomic E-state index is 0.0196. The van der Waals surface area contributed by atoms with Crippen molar-refractivity contribution in [2.45, 2.75) is 12.5 Å². The fraction of sp³-hybridized carbons (Fsp3) is 0.118. The molecule has 0 aromatic heterocycles. The van der Waals surface area contributed by atoms with Crippen molar-refractivity contribution in [2.24, 2.45) is 0 Å². The van der Waals surface area contributed by atoms with Gasteiger partial charge in [0.25, 0.3) is 5.91 Å². The molecule has 1 aliphatic heterocycles. The molecule has 0 saturated carbocycles. The van der Waals surface area contributed by atoms with Gasteiger partial charge in [-0.3, -0.25) is 14.4 Å². The van der Waals surface area contributed by atoms with Crippen LogP contribution in [0, 0.1) is 5.82 Å². The van der Waals surface area contributed by atoms with E-state index in [0.717, 1.165) is 0 Å². The predicted octanol–water partition coefficient (Wildman–Crippen LogP) is 1.90. The highest BCUT2D eigenvalue weighted by Gasteiger charge is 2.29. The average Bonchev–Trinajstić information content (AvgIpc) is 2.67. The van der Waals surface area contributed by atoms with Gasteiger partial charge < -0.3 is 16.0 Å². The van der Waals surface area contributed by atoms with Crippen LogP contribution in [0.1, 0.15) is 16.8 Å². The smallest absolute Gasteiger partial charge is 0.254 e. The molecule has 3 rings (SSSR count). The van der Waals surface area contributed by atoms with Crippen LogP contribution in [-0.2, 0) is 9.59 Å². The van der Waals surface area contributed by atoms with Crippen molar-refractivity contribution in [2.75, 3.05) is 10.6 Å². The Balaban J connectivity index is 1.72. The second-order valence-electron chi connectivity index (χ2n) is 5.29. The number of hydrogen-bond donors (Lipinski definition) is 3. The number of benzene rings is 2. The lowest BCUT2D eigenvalue weighted by molar-refractivity contribution is -0.122. The minimum Gasteiger partial charge on any atom is -0.340 e. The second kappa shape index (κ2) is 6.49. The standard InChI is InChI=1S/C17H14FN3O3/c18-11-6-2-4-8-13(11)19-15(22)9-14-17(24)20-12-7-3-1-5-10(12)16(23)21-14/h1-8,14H,9H2,(H,19,22)(H,20,24)(H,21,23). The number of hydrogen-bond acceptors (Lipinski definition) is 3. The summed E-state index contributed by atoms with van der Waals surface area (Å²) in [4.78, 5) is 36.4. The Bertz CT molecular complexity index is 822. The molecule has 122 valence electrons. The lowest BCUT2D eigenvalue weighted by Gasteiger charge is -2.14. The topological polar surface area (TPSA) is 87.3 Å². The molecule has 3 N–H and O–H groups in total. The second-order valence-corrected chi connectivity index (χ2v) is 5.29. The Labute approximate surface area is 137 Å². The van der Waals surface area contributed by atoms with Crippen LogP contribution in [-0.4, -0.2) is 23.8 Å². The maximum absolute atomic E-state index is 13.5. The maximum Gasteiger partial charge on any atom is 0.254 e. The molecule has 1 unspecified atom stereocenters. The van der Waals surface area contributed by atoms with E-state index in [1.165, 1.54) is 18.2 Å². The fourth-order valence-electron chi connectivity index (χ4n) is 2.40. The molecule has 1 aliphatic rings. The number of carbonyl (C=O) groups excluding carboxylic acids is 3. The van der Waals surface area contributed by atoms with E-state index in [4.69, 9.17) is 0 Å². The van der Waals surface area contributed by atoms with Crippen molar-refractivity contribution in [1.29, 1.82) is 0 Å². The van der Waals surface area contributed by atoms with E-state index in [2.05, 4.69) is 16.0 Å². The number of fused-ring (bicyclic) bond motifs is 1. The van der Waals surface area contributed by atoms with Crippen molar-refractivity contribution >= 4 is 29.1 Å². The summed E-state index contributed by atoms with van der Waals surface area (Å²) in [7, 11) is 0. The Morgan fingerprint density at radius 2 is 1.79 bits per heavy atom. The van der Waals surface area contributed by atoms with Gasteiger partial charge in [-0.05, 0) is 24.3 Å². The van der Waals surface area contributed by atoms with Crippen molar-refractivity contribution in [3.8, 4) is 0 Å². The first-order valence-electron chi connectivity index (χ1n) is 7.30. The minimum atomic E-state index is -1.04. The van der Waals surface area contributed by atoms with Gasteiger partial charge in [0.05, 0.1) is 23.4 Å². The monoisotopic (exact) mass is 327 g/mol. The third-order valence-corrected chi connectivity index (χ3v) is 3.59. The molecular weight excluding hydrogens is 313 g/mol. The third-order valence-electron chi connectivity index (χ3n) is 3.59. The van der Waals surface area contributed by atoms with Crippen LogP contribution in [0.3, 0.4) is 0 Å². The molecule has 0 bridgehead atoms. The van der Waals surface area contributed by atoms with Gasteiger partial charge in [-0.1, -0.05) is 24.3 Å². The molecule has 24 heavy (non-hydrogen) atoms. The van der Waals surface area contributed by atoms with Crippen LogP contribution >= 0.6 is 0 Å². The number of anilines is 2. The summed E-state index contributed by atoms with van der Waals surface area (Å²) in [6.07, 6.45) is -0.306. The average molecular weight is 327 g/mol. The van der Waals surface area contributed by atoms with E-state index >= 15 is 0 Å². The molecule has 0 aliphatic carbocycles. The number of nitrogens with one attached hydrogen (secondary N) is 3. The van der Waals surface area contributed by atoms with Crippen molar-refractivity contribution in [3.05, 3.63) is 59.9 Å². The summed E-state index contributed by atoms with van der Waals surface area (Å²) in [6, 6.07) is 11.2. The van der Waals surface area contributed by atoms with Gasteiger partial charge in [0.2, 0.25) is 11.8 Å². The van der Waals surface area contributed by atoms with Crippen LogP contribution in [0.2, 0.25) is 0 Å². The zero-order chi connectivity index (χ0) is 17.1. The summed E-state index contributed by atoms with van der Waals surface area (Å²) >= 11 is 0. The Morgan fingerprint density at radius 3 is 2.58 bits per heavy atom. The molecule has 7 heteroatoms. The van der Waals surface area contributed by atoms with Crippen molar-refractivity contribution < 1.29 is 18.8 Å². The number of amides is 3. The zero-order valence-electron chi connectivity index (χ0n) is 12.5. The van der Waals surface area contributed by atoms with Crippen molar-refractivity contribution in [3.63, 3.8) is 0 Å². The highest BCUT2D eigenvalue weighted by atomic mass is 19.1. The quantitative estimate of drug-likeness (QED) is 0.805. The zero-order valence-corrected chi connectivity index (χ0v) is 12.5. The summed E-state index contributed by atoms with van der Waals surface area (Å²) < 4.78 is 13.5. The van der Waals surface area contributed by atoms with Crippen LogP contribution in [0.15, 0.2) is 48.5 Å². The molecule has 2 aromatic rings. The normalized spacial score (nSPS) is 16.5. The Morgan fingerprint density at radius 1 is 1.08 bits per heavy atom. The molecule has 3 amide bonds. The number of carbonyl (C=O) groups is 3. The predicted molar refractivity (Wildman–Crippen MR) is 86.0 cm³/mol. The number of para-hydroxylation sites is 2. The largest absolute Gasteiger partial charge is 0.340 e. The van der Waals surface area contributed by atoms with E-state index in [0.29, 0.717) is 11.3 Å². The molecule has 0 spiro atoms. The van der Waals surface area contributed by atoms with Crippen LogP contribution < -0.4 is 16.0 Å². The number of halogens is 1. The van der Waals surface area contributed by atoms with Gasteiger partial charge >= 0.3 is 0 Å². The maximum atomic E-state index is 13.5. The highest BCUT2D eigenvalue weighted by molar-refractivity contribution is 6.11. The first-order valence-corrected chi connectivity index (χ1v) is 7.30. The van der Waals surface area contributed by atoms with Gasteiger partial charge in [-0.25, -0.2) is 4.39 Å². The fourth-order valence-corrected chi connectivity index (χ4v) is 2.40.